The van der Waals surface area contributed by atoms with Crippen LogP contribution in [0, 0.1) is 0 Å². The first-order chi connectivity index (χ1) is 8.86. The summed E-state index contributed by atoms with van der Waals surface area (Å²) in [7, 11) is 0. The molecule has 3 atom stereocenters. The van der Waals surface area contributed by atoms with E-state index in [4.69, 9.17) is 14.2 Å². The van der Waals surface area contributed by atoms with Gasteiger partial charge in [0.25, 0.3) is 0 Å². The highest BCUT2D eigenvalue weighted by Gasteiger charge is 2.36. The summed E-state index contributed by atoms with van der Waals surface area (Å²) in [6, 6.07) is 9.77. The van der Waals surface area contributed by atoms with Crippen LogP contribution in [0.5, 0.6) is 0 Å². The first-order valence-corrected chi connectivity index (χ1v) is 5.98. The second-order valence-electron chi connectivity index (χ2n) is 4.44. The van der Waals surface area contributed by atoms with Gasteiger partial charge in [-0.05, 0) is 0 Å². The van der Waals surface area contributed by atoms with E-state index in [2.05, 4.69) is 0 Å². The first kappa shape index (κ1) is 11.4. The largest absolute Gasteiger partial charge is 0.492 e. The van der Waals surface area contributed by atoms with Crippen LogP contribution in [0.1, 0.15) is 18.3 Å². The van der Waals surface area contributed by atoms with E-state index >= 15 is 0 Å². The Labute approximate surface area is 105 Å². The van der Waals surface area contributed by atoms with Crippen LogP contribution in [0.15, 0.2) is 42.2 Å². The fourth-order valence-corrected chi connectivity index (χ4v) is 2.20. The second-order valence-corrected chi connectivity index (χ2v) is 4.44. The SMILES string of the molecule is O=CC1=CO[C@@H]2COC(c3ccccc3)O[C@H]2C1. The van der Waals surface area contributed by atoms with Gasteiger partial charge in [-0.2, -0.15) is 0 Å². The number of fused-ring (bicyclic) bond motifs is 1. The molecule has 94 valence electrons. The third-order valence-electron chi connectivity index (χ3n) is 3.18. The molecule has 1 saturated heterocycles. The van der Waals surface area contributed by atoms with Crippen LogP contribution in [0.2, 0.25) is 0 Å². The summed E-state index contributed by atoms with van der Waals surface area (Å²) < 4.78 is 16.9. The lowest BCUT2D eigenvalue weighted by Crippen LogP contribution is -2.43. The standard InChI is InChI=1S/C14H14O4/c15-7-10-6-12-13(16-8-10)9-17-14(18-12)11-4-2-1-3-5-11/h1-5,7-8,12-14H,6,9H2/t12-,13+,14?/m0/s1. The predicted octanol–water partition coefficient (Wildman–Crippen LogP) is 1.97. The van der Waals surface area contributed by atoms with Crippen LogP contribution in [0.3, 0.4) is 0 Å². The van der Waals surface area contributed by atoms with Crippen molar-refractivity contribution >= 4 is 6.29 Å². The van der Waals surface area contributed by atoms with Crippen LogP contribution in [-0.4, -0.2) is 25.1 Å². The summed E-state index contributed by atoms with van der Waals surface area (Å²) in [6.07, 6.45) is 2.29. The third-order valence-corrected chi connectivity index (χ3v) is 3.18. The Morgan fingerprint density at radius 2 is 2.00 bits per heavy atom. The van der Waals surface area contributed by atoms with Gasteiger partial charge in [0, 0.05) is 17.6 Å². The summed E-state index contributed by atoms with van der Waals surface area (Å²) in [5, 5.41) is 0. The van der Waals surface area contributed by atoms with E-state index < -0.39 is 0 Å². The van der Waals surface area contributed by atoms with Gasteiger partial charge in [-0.1, -0.05) is 30.3 Å². The minimum absolute atomic E-state index is 0.117. The molecule has 1 fully saturated rings. The molecule has 0 aliphatic carbocycles. The molecule has 3 rings (SSSR count). The Morgan fingerprint density at radius 3 is 2.78 bits per heavy atom. The average Bonchev–Trinajstić information content (AvgIpc) is 2.47. The minimum atomic E-state index is -0.373. The zero-order valence-corrected chi connectivity index (χ0v) is 9.82. The fraction of sp³-hybridized carbons (Fsp3) is 0.357. The van der Waals surface area contributed by atoms with Crippen molar-refractivity contribution in [2.75, 3.05) is 6.61 Å². The van der Waals surface area contributed by atoms with Crippen LogP contribution in [-0.2, 0) is 19.0 Å². The number of ether oxygens (including phenoxy) is 3. The second kappa shape index (κ2) is 4.92. The van der Waals surface area contributed by atoms with Crippen molar-refractivity contribution in [3.8, 4) is 0 Å². The van der Waals surface area contributed by atoms with E-state index in [0.29, 0.717) is 18.6 Å². The fourth-order valence-electron chi connectivity index (χ4n) is 2.20. The Kier molecular flexibility index (Phi) is 3.13. The summed E-state index contributed by atoms with van der Waals surface area (Å²) >= 11 is 0. The van der Waals surface area contributed by atoms with E-state index in [1.807, 2.05) is 30.3 Å². The molecule has 1 aromatic rings. The lowest BCUT2D eigenvalue weighted by atomic mass is 10.0. The Balaban J connectivity index is 1.73. The van der Waals surface area contributed by atoms with E-state index in [1.54, 1.807) is 0 Å². The molecule has 4 nitrogen and oxygen atoms in total. The number of hydrogen-bond donors (Lipinski definition) is 0. The van der Waals surface area contributed by atoms with Gasteiger partial charge in [0.1, 0.15) is 18.5 Å². The number of hydrogen-bond acceptors (Lipinski definition) is 4. The number of benzene rings is 1. The molecule has 0 spiro atoms. The molecule has 0 radical (unpaired) electrons. The van der Waals surface area contributed by atoms with Gasteiger partial charge in [-0.3, -0.25) is 4.79 Å². The normalized spacial score (nSPS) is 30.9. The number of carbonyl (C=O) groups is 1. The van der Waals surface area contributed by atoms with Crippen LogP contribution in [0.4, 0.5) is 0 Å². The predicted molar refractivity (Wildman–Crippen MR) is 63.6 cm³/mol. The van der Waals surface area contributed by atoms with Gasteiger partial charge in [0.15, 0.2) is 6.29 Å². The van der Waals surface area contributed by atoms with Gasteiger partial charge in [0.2, 0.25) is 0 Å². The summed E-state index contributed by atoms with van der Waals surface area (Å²) in [6.45, 7) is 0.479. The molecular formula is C14H14O4. The maximum absolute atomic E-state index is 10.8. The van der Waals surface area contributed by atoms with Gasteiger partial charge in [0.05, 0.1) is 12.9 Å². The van der Waals surface area contributed by atoms with Crippen molar-refractivity contribution in [1.29, 1.82) is 0 Å². The van der Waals surface area contributed by atoms with E-state index in [1.165, 1.54) is 6.26 Å². The molecule has 4 heteroatoms. The summed E-state index contributed by atoms with van der Waals surface area (Å²) in [4.78, 5) is 10.8. The van der Waals surface area contributed by atoms with Crippen molar-refractivity contribution in [2.24, 2.45) is 0 Å². The minimum Gasteiger partial charge on any atom is -0.492 e. The van der Waals surface area contributed by atoms with Crippen LogP contribution < -0.4 is 0 Å². The Hall–Kier alpha value is -1.65. The maximum atomic E-state index is 10.8. The zero-order valence-electron chi connectivity index (χ0n) is 9.82. The number of aldehydes is 1. The lowest BCUT2D eigenvalue weighted by molar-refractivity contribution is -0.260. The molecule has 18 heavy (non-hydrogen) atoms. The zero-order chi connectivity index (χ0) is 12.4. The molecule has 0 saturated carbocycles. The summed E-state index contributed by atoms with van der Waals surface area (Å²) in [5.41, 5.74) is 1.61. The molecule has 0 N–H and O–H groups in total. The molecule has 1 unspecified atom stereocenters. The molecule has 2 aliphatic heterocycles. The maximum Gasteiger partial charge on any atom is 0.184 e. The molecule has 0 amide bonds. The molecule has 2 aliphatic rings. The average molecular weight is 246 g/mol. The lowest BCUT2D eigenvalue weighted by Gasteiger charge is -2.38. The molecular weight excluding hydrogens is 232 g/mol. The van der Waals surface area contributed by atoms with Crippen molar-refractivity contribution in [3.63, 3.8) is 0 Å². The van der Waals surface area contributed by atoms with Crippen molar-refractivity contribution in [2.45, 2.75) is 24.9 Å². The van der Waals surface area contributed by atoms with Gasteiger partial charge >= 0.3 is 0 Å². The monoisotopic (exact) mass is 246 g/mol. The van der Waals surface area contributed by atoms with Crippen molar-refractivity contribution in [3.05, 3.63) is 47.7 Å². The first-order valence-electron chi connectivity index (χ1n) is 5.98. The third kappa shape index (κ3) is 2.17. The summed E-state index contributed by atoms with van der Waals surface area (Å²) in [5.74, 6) is 0. The molecule has 0 bridgehead atoms. The van der Waals surface area contributed by atoms with Gasteiger partial charge < -0.3 is 14.2 Å². The highest BCUT2D eigenvalue weighted by molar-refractivity contribution is 5.73. The Morgan fingerprint density at radius 1 is 1.17 bits per heavy atom. The van der Waals surface area contributed by atoms with Gasteiger partial charge in [-0.25, -0.2) is 0 Å². The Bertz CT molecular complexity index is 454. The highest BCUT2D eigenvalue weighted by atomic mass is 16.7. The van der Waals surface area contributed by atoms with E-state index in [-0.39, 0.29) is 18.5 Å². The smallest absolute Gasteiger partial charge is 0.184 e. The quantitative estimate of drug-likeness (QED) is 0.748. The number of carbonyl (C=O) groups excluding carboxylic acids is 1. The van der Waals surface area contributed by atoms with Crippen LogP contribution >= 0.6 is 0 Å². The van der Waals surface area contributed by atoms with Gasteiger partial charge in [-0.15, -0.1) is 0 Å². The van der Waals surface area contributed by atoms with Crippen LogP contribution in [0.25, 0.3) is 0 Å². The number of rotatable bonds is 2. The molecule has 1 aromatic carbocycles. The highest BCUT2D eigenvalue weighted by Crippen LogP contribution is 2.32. The molecule has 0 aromatic heterocycles. The topological polar surface area (TPSA) is 44.8 Å². The van der Waals surface area contributed by atoms with Crippen molar-refractivity contribution < 1.29 is 19.0 Å². The molecule has 2 heterocycles. The van der Waals surface area contributed by atoms with E-state index in [0.717, 1.165) is 11.8 Å². The van der Waals surface area contributed by atoms with Crippen molar-refractivity contribution in [1.82, 2.24) is 0 Å². The van der Waals surface area contributed by atoms with E-state index in [9.17, 15) is 4.79 Å².